The minimum absolute atomic E-state index is 0.0374. The average molecular weight is 155 g/mol. The molecule has 1 unspecified atom stereocenters. The molecule has 0 aromatic carbocycles. The van der Waals surface area contributed by atoms with E-state index in [1.807, 2.05) is 11.8 Å². The molecule has 1 rings (SSSR count). The average Bonchev–Trinajstić information content (AvgIpc) is 1.98. The van der Waals surface area contributed by atoms with E-state index in [4.69, 9.17) is 0 Å². The Morgan fingerprint density at radius 2 is 2.18 bits per heavy atom. The second-order valence-corrected chi connectivity index (χ2v) is 3.94. The Morgan fingerprint density at radius 1 is 1.64 bits per heavy atom. The number of hydrogen-bond donors (Lipinski definition) is 0. The highest BCUT2D eigenvalue weighted by Crippen LogP contribution is 2.35. The molecule has 1 amide bonds. The molecule has 0 bridgehead atoms. The molecule has 1 saturated heterocycles. The van der Waals surface area contributed by atoms with Gasteiger partial charge in [-0.1, -0.05) is 6.92 Å². The van der Waals surface area contributed by atoms with E-state index >= 15 is 0 Å². The van der Waals surface area contributed by atoms with Crippen molar-refractivity contribution in [3.8, 4) is 0 Å². The lowest BCUT2D eigenvalue weighted by Gasteiger charge is -2.48. The van der Waals surface area contributed by atoms with Crippen LogP contribution < -0.4 is 0 Å². The van der Waals surface area contributed by atoms with E-state index in [-0.39, 0.29) is 5.41 Å². The Labute approximate surface area is 68.6 Å². The first-order valence-corrected chi connectivity index (χ1v) is 4.32. The minimum atomic E-state index is -0.0374. The topological polar surface area (TPSA) is 20.3 Å². The van der Waals surface area contributed by atoms with Crippen LogP contribution in [0.4, 0.5) is 0 Å². The predicted octanol–water partition coefficient (Wildman–Crippen LogP) is 1.65. The number of likely N-dealkylation sites (tertiary alicyclic amines) is 1. The van der Waals surface area contributed by atoms with Gasteiger partial charge in [0.25, 0.3) is 0 Å². The summed E-state index contributed by atoms with van der Waals surface area (Å²) in [5.74, 6) is 0.329. The second-order valence-electron chi connectivity index (χ2n) is 3.94. The van der Waals surface area contributed by atoms with Gasteiger partial charge in [0.2, 0.25) is 5.91 Å². The monoisotopic (exact) mass is 155 g/mol. The number of β-lactam (4-membered cyclic amide) rings is 1. The second kappa shape index (κ2) is 2.50. The van der Waals surface area contributed by atoms with Crippen LogP contribution in [0.1, 0.15) is 34.1 Å². The van der Waals surface area contributed by atoms with E-state index in [0.29, 0.717) is 11.9 Å². The molecule has 0 N–H and O–H groups in total. The summed E-state index contributed by atoms with van der Waals surface area (Å²) in [6.45, 7) is 9.20. The van der Waals surface area contributed by atoms with E-state index in [1.165, 1.54) is 0 Å². The van der Waals surface area contributed by atoms with Crippen molar-refractivity contribution in [1.82, 2.24) is 4.90 Å². The smallest absolute Gasteiger partial charge is 0.230 e. The molecular formula is C9H17NO. The van der Waals surface area contributed by atoms with E-state index in [1.54, 1.807) is 0 Å². The Morgan fingerprint density at radius 3 is 2.45 bits per heavy atom. The first kappa shape index (κ1) is 8.57. The quantitative estimate of drug-likeness (QED) is 0.555. The van der Waals surface area contributed by atoms with E-state index in [2.05, 4.69) is 20.8 Å². The van der Waals surface area contributed by atoms with Crippen molar-refractivity contribution < 1.29 is 4.79 Å². The maximum absolute atomic E-state index is 11.5. The van der Waals surface area contributed by atoms with Gasteiger partial charge in [-0.3, -0.25) is 4.79 Å². The molecule has 0 radical (unpaired) electrons. The SMILES string of the molecule is CCC1(C)CN(C(C)C)C1=O. The van der Waals surface area contributed by atoms with Gasteiger partial charge in [-0.05, 0) is 27.2 Å². The summed E-state index contributed by atoms with van der Waals surface area (Å²) in [5, 5.41) is 0. The lowest BCUT2D eigenvalue weighted by molar-refractivity contribution is -0.161. The van der Waals surface area contributed by atoms with Crippen LogP contribution in [0.5, 0.6) is 0 Å². The number of hydrogen-bond acceptors (Lipinski definition) is 1. The summed E-state index contributed by atoms with van der Waals surface area (Å²) in [6, 6.07) is 0.377. The zero-order valence-electron chi connectivity index (χ0n) is 7.85. The minimum Gasteiger partial charge on any atom is -0.339 e. The van der Waals surface area contributed by atoms with Crippen LogP contribution in [0.15, 0.2) is 0 Å². The van der Waals surface area contributed by atoms with Crippen LogP contribution >= 0.6 is 0 Å². The molecule has 0 aromatic rings. The Bertz CT molecular complexity index is 176. The fourth-order valence-corrected chi connectivity index (χ4v) is 1.45. The van der Waals surface area contributed by atoms with Crippen molar-refractivity contribution in [2.45, 2.75) is 40.2 Å². The van der Waals surface area contributed by atoms with Gasteiger partial charge in [0.05, 0.1) is 5.41 Å². The summed E-state index contributed by atoms with van der Waals surface area (Å²) >= 11 is 0. The Kier molecular flexibility index (Phi) is 1.95. The standard InChI is InChI=1S/C9H17NO/c1-5-9(4)6-10(7(2)3)8(9)11/h7H,5-6H2,1-4H3. The van der Waals surface area contributed by atoms with Crippen molar-refractivity contribution in [2.75, 3.05) is 6.54 Å². The molecule has 1 aliphatic rings. The Balaban J connectivity index is 2.57. The zero-order chi connectivity index (χ0) is 8.65. The van der Waals surface area contributed by atoms with Crippen molar-refractivity contribution >= 4 is 5.91 Å². The molecule has 2 heteroatoms. The molecule has 11 heavy (non-hydrogen) atoms. The largest absolute Gasteiger partial charge is 0.339 e. The molecule has 1 heterocycles. The van der Waals surface area contributed by atoms with E-state index < -0.39 is 0 Å². The maximum atomic E-state index is 11.5. The van der Waals surface area contributed by atoms with Crippen molar-refractivity contribution in [3.05, 3.63) is 0 Å². The summed E-state index contributed by atoms with van der Waals surface area (Å²) < 4.78 is 0. The van der Waals surface area contributed by atoms with Crippen LogP contribution in [0.3, 0.4) is 0 Å². The molecule has 0 saturated carbocycles. The van der Waals surface area contributed by atoms with Gasteiger partial charge in [-0.15, -0.1) is 0 Å². The molecule has 2 nitrogen and oxygen atoms in total. The van der Waals surface area contributed by atoms with Crippen molar-refractivity contribution in [2.24, 2.45) is 5.41 Å². The van der Waals surface area contributed by atoms with Crippen LogP contribution in [0.2, 0.25) is 0 Å². The van der Waals surface area contributed by atoms with Gasteiger partial charge in [-0.25, -0.2) is 0 Å². The highest BCUT2D eigenvalue weighted by Gasteiger charge is 2.47. The number of carbonyl (C=O) groups is 1. The van der Waals surface area contributed by atoms with Gasteiger partial charge in [0.1, 0.15) is 0 Å². The summed E-state index contributed by atoms with van der Waals surface area (Å²) in [6.07, 6.45) is 0.967. The highest BCUT2D eigenvalue weighted by molar-refractivity contribution is 5.88. The molecule has 0 aliphatic carbocycles. The molecule has 0 aromatic heterocycles. The van der Waals surface area contributed by atoms with Crippen LogP contribution in [-0.2, 0) is 4.79 Å². The lowest BCUT2D eigenvalue weighted by atomic mass is 9.78. The third-order valence-corrected chi connectivity index (χ3v) is 2.70. The third-order valence-electron chi connectivity index (χ3n) is 2.70. The molecular weight excluding hydrogens is 138 g/mol. The Hall–Kier alpha value is -0.530. The normalized spacial score (nSPS) is 31.0. The van der Waals surface area contributed by atoms with Crippen molar-refractivity contribution in [1.29, 1.82) is 0 Å². The van der Waals surface area contributed by atoms with E-state index in [0.717, 1.165) is 13.0 Å². The molecule has 64 valence electrons. The van der Waals surface area contributed by atoms with Crippen molar-refractivity contribution in [3.63, 3.8) is 0 Å². The predicted molar refractivity (Wildman–Crippen MR) is 45.2 cm³/mol. The van der Waals surface area contributed by atoms with E-state index in [9.17, 15) is 4.79 Å². The maximum Gasteiger partial charge on any atom is 0.230 e. The summed E-state index contributed by atoms with van der Waals surface area (Å²) in [4.78, 5) is 13.4. The number of carbonyl (C=O) groups excluding carboxylic acids is 1. The molecule has 0 spiro atoms. The molecule has 1 atom stereocenters. The first-order chi connectivity index (χ1) is 5.01. The highest BCUT2D eigenvalue weighted by atomic mass is 16.2. The van der Waals surface area contributed by atoms with Crippen LogP contribution in [0, 0.1) is 5.41 Å². The third kappa shape index (κ3) is 1.15. The number of nitrogens with zero attached hydrogens (tertiary/aromatic N) is 1. The summed E-state index contributed by atoms with van der Waals surface area (Å²) in [7, 11) is 0. The van der Waals surface area contributed by atoms with Gasteiger partial charge in [-0.2, -0.15) is 0 Å². The fourth-order valence-electron chi connectivity index (χ4n) is 1.45. The number of amides is 1. The molecule has 1 aliphatic heterocycles. The first-order valence-electron chi connectivity index (χ1n) is 4.32. The van der Waals surface area contributed by atoms with Crippen LogP contribution in [-0.4, -0.2) is 23.4 Å². The fraction of sp³-hybridized carbons (Fsp3) is 0.889. The zero-order valence-corrected chi connectivity index (χ0v) is 7.85. The van der Waals surface area contributed by atoms with Gasteiger partial charge in [0.15, 0.2) is 0 Å². The van der Waals surface area contributed by atoms with Gasteiger partial charge < -0.3 is 4.90 Å². The molecule has 1 fully saturated rings. The van der Waals surface area contributed by atoms with Gasteiger partial charge in [0, 0.05) is 12.6 Å². The van der Waals surface area contributed by atoms with Crippen LogP contribution in [0.25, 0.3) is 0 Å². The van der Waals surface area contributed by atoms with Gasteiger partial charge >= 0.3 is 0 Å². The summed E-state index contributed by atoms with van der Waals surface area (Å²) in [5.41, 5.74) is -0.0374. The lowest BCUT2D eigenvalue weighted by Crippen LogP contribution is -2.61. The number of rotatable bonds is 2.